The highest BCUT2D eigenvalue weighted by Gasteiger charge is 2.35. The van der Waals surface area contributed by atoms with E-state index in [1.54, 1.807) is 7.11 Å². The molecule has 1 rings (SSSR count). The molecule has 0 bridgehead atoms. The summed E-state index contributed by atoms with van der Waals surface area (Å²) >= 11 is 0. The van der Waals surface area contributed by atoms with Gasteiger partial charge < -0.3 is 14.8 Å². The van der Waals surface area contributed by atoms with Crippen LogP contribution in [0.2, 0.25) is 0 Å². The van der Waals surface area contributed by atoms with Crippen molar-refractivity contribution in [1.82, 2.24) is 5.32 Å². The Morgan fingerprint density at radius 2 is 1.94 bits per heavy atom. The maximum Gasteiger partial charge on any atom is 0.0700 e. The molecule has 0 saturated heterocycles. The van der Waals surface area contributed by atoms with E-state index in [-0.39, 0.29) is 0 Å². The summed E-state index contributed by atoms with van der Waals surface area (Å²) in [6.45, 7) is 9.20. The minimum absolute atomic E-state index is 0.583. The van der Waals surface area contributed by atoms with Gasteiger partial charge in [0.15, 0.2) is 0 Å². The van der Waals surface area contributed by atoms with E-state index in [0.29, 0.717) is 12.0 Å². The van der Waals surface area contributed by atoms with Gasteiger partial charge in [-0.15, -0.1) is 0 Å². The van der Waals surface area contributed by atoms with Gasteiger partial charge in [0.05, 0.1) is 13.2 Å². The Kier molecular flexibility index (Phi) is 7.87. The number of hydrogen-bond acceptors (Lipinski definition) is 3. The molecule has 0 atom stereocenters. The van der Waals surface area contributed by atoms with E-state index in [1.807, 2.05) is 0 Å². The van der Waals surface area contributed by atoms with Gasteiger partial charge >= 0.3 is 0 Å². The lowest BCUT2D eigenvalue weighted by Gasteiger charge is -2.42. The SMILES string of the molecule is COCCOCCCC1(CNCC(C)C)CCC1. The summed E-state index contributed by atoms with van der Waals surface area (Å²) in [6, 6.07) is 0. The average molecular weight is 257 g/mol. The molecule has 0 amide bonds. The standard InChI is InChI=1S/C15H31NO2/c1-14(2)12-16-13-15(6-4-7-15)8-5-9-18-11-10-17-3/h14,16H,4-13H2,1-3H3. The molecule has 0 spiro atoms. The second-order valence-electron chi connectivity index (χ2n) is 6.09. The largest absolute Gasteiger partial charge is 0.382 e. The summed E-state index contributed by atoms with van der Waals surface area (Å²) in [5.74, 6) is 0.750. The normalized spacial score (nSPS) is 18.0. The second-order valence-corrected chi connectivity index (χ2v) is 6.09. The average Bonchev–Trinajstić information content (AvgIpc) is 2.28. The van der Waals surface area contributed by atoms with Crippen LogP contribution in [0.15, 0.2) is 0 Å². The number of rotatable bonds is 11. The summed E-state index contributed by atoms with van der Waals surface area (Å²) in [7, 11) is 1.72. The highest BCUT2D eigenvalue weighted by Crippen LogP contribution is 2.44. The fourth-order valence-electron chi connectivity index (χ4n) is 2.61. The van der Waals surface area contributed by atoms with Crippen LogP contribution in [0.1, 0.15) is 46.0 Å². The number of ether oxygens (including phenoxy) is 2. The van der Waals surface area contributed by atoms with E-state index in [2.05, 4.69) is 19.2 Å². The number of methoxy groups -OCH3 is 1. The van der Waals surface area contributed by atoms with Gasteiger partial charge in [0.25, 0.3) is 0 Å². The van der Waals surface area contributed by atoms with Crippen molar-refractivity contribution < 1.29 is 9.47 Å². The second kappa shape index (κ2) is 8.89. The molecule has 18 heavy (non-hydrogen) atoms. The van der Waals surface area contributed by atoms with E-state index >= 15 is 0 Å². The Hall–Kier alpha value is -0.120. The molecule has 0 radical (unpaired) electrons. The van der Waals surface area contributed by atoms with Gasteiger partial charge in [0.2, 0.25) is 0 Å². The van der Waals surface area contributed by atoms with Crippen molar-refractivity contribution in [1.29, 1.82) is 0 Å². The highest BCUT2D eigenvalue weighted by atomic mass is 16.5. The first kappa shape index (κ1) is 15.9. The fraction of sp³-hybridized carbons (Fsp3) is 1.00. The molecule has 0 aromatic heterocycles. The summed E-state index contributed by atoms with van der Waals surface area (Å²) < 4.78 is 10.5. The molecular weight excluding hydrogens is 226 g/mol. The Morgan fingerprint density at radius 1 is 1.17 bits per heavy atom. The minimum atomic E-state index is 0.583. The van der Waals surface area contributed by atoms with Crippen molar-refractivity contribution >= 4 is 0 Å². The van der Waals surface area contributed by atoms with Crippen LogP contribution in [0.5, 0.6) is 0 Å². The van der Waals surface area contributed by atoms with Crippen LogP contribution in [0.4, 0.5) is 0 Å². The molecule has 1 aliphatic carbocycles. The van der Waals surface area contributed by atoms with Gasteiger partial charge in [-0.05, 0) is 43.6 Å². The van der Waals surface area contributed by atoms with Gasteiger partial charge in [-0.1, -0.05) is 20.3 Å². The minimum Gasteiger partial charge on any atom is -0.382 e. The molecule has 1 fully saturated rings. The first-order valence-corrected chi connectivity index (χ1v) is 7.46. The number of nitrogens with one attached hydrogen (secondary N) is 1. The third-order valence-corrected chi connectivity index (χ3v) is 3.89. The van der Waals surface area contributed by atoms with Gasteiger partial charge in [0.1, 0.15) is 0 Å². The van der Waals surface area contributed by atoms with Crippen LogP contribution in [0, 0.1) is 11.3 Å². The van der Waals surface area contributed by atoms with Gasteiger partial charge in [-0.2, -0.15) is 0 Å². The van der Waals surface area contributed by atoms with Crippen molar-refractivity contribution in [3.63, 3.8) is 0 Å². The molecule has 0 aliphatic heterocycles. The molecule has 1 saturated carbocycles. The summed E-state index contributed by atoms with van der Waals surface area (Å²) in [6.07, 6.45) is 6.71. The lowest BCUT2D eigenvalue weighted by Crippen LogP contribution is -2.41. The molecule has 0 aromatic rings. The maximum atomic E-state index is 5.54. The van der Waals surface area contributed by atoms with E-state index < -0.39 is 0 Å². The molecule has 0 aromatic carbocycles. The predicted octanol–water partition coefficient (Wildman–Crippen LogP) is 2.85. The van der Waals surface area contributed by atoms with Crippen LogP contribution in [-0.4, -0.2) is 40.0 Å². The van der Waals surface area contributed by atoms with Gasteiger partial charge in [0, 0.05) is 20.3 Å². The van der Waals surface area contributed by atoms with E-state index in [4.69, 9.17) is 9.47 Å². The molecule has 1 N–H and O–H groups in total. The van der Waals surface area contributed by atoms with E-state index in [9.17, 15) is 0 Å². The number of hydrogen-bond donors (Lipinski definition) is 1. The van der Waals surface area contributed by atoms with Crippen molar-refractivity contribution in [2.24, 2.45) is 11.3 Å². The molecular formula is C15H31NO2. The van der Waals surface area contributed by atoms with Crippen LogP contribution in [-0.2, 0) is 9.47 Å². The Morgan fingerprint density at radius 3 is 2.50 bits per heavy atom. The lowest BCUT2D eigenvalue weighted by molar-refractivity contribution is 0.0517. The maximum absolute atomic E-state index is 5.54. The smallest absolute Gasteiger partial charge is 0.0700 e. The Labute approximate surface area is 113 Å². The molecule has 0 heterocycles. The van der Waals surface area contributed by atoms with Crippen LogP contribution < -0.4 is 5.32 Å². The monoisotopic (exact) mass is 257 g/mol. The quantitative estimate of drug-likeness (QED) is 0.577. The Bertz CT molecular complexity index is 203. The summed E-state index contributed by atoms with van der Waals surface area (Å²) in [5.41, 5.74) is 0.583. The first-order valence-electron chi connectivity index (χ1n) is 7.46. The zero-order valence-electron chi connectivity index (χ0n) is 12.5. The van der Waals surface area contributed by atoms with Crippen molar-refractivity contribution in [3.8, 4) is 0 Å². The van der Waals surface area contributed by atoms with Crippen LogP contribution in [0.3, 0.4) is 0 Å². The van der Waals surface area contributed by atoms with Gasteiger partial charge in [-0.3, -0.25) is 0 Å². The molecule has 1 aliphatic rings. The zero-order chi connectivity index (χ0) is 13.3. The summed E-state index contributed by atoms with van der Waals surface area (Å²) in [5, 5.41) is 3.63. The van der Waals surface area contributed by atoms with E-state index in [0.717, 1.165) is 25.7 Å². The molecule has 0 unspecified atom stereocenters. The van der Waals surface area contributed by atoms with Crippen molar-refractivity contribution in [3.05, 3.63) is 0 Å². The summed E-state index contributed by atoms with van der Waals surface area (Å²) in [4.78, 5) is 0. The zero-order valence-corrected chi connectivity index (χ0v) is 12.5. The van der Waals surface area contributed by atoms with Gasteiger partial charge in [-0.25, -0.2) is 0 Å². The third-order valence-electron chi connectivity index (χ3n) is 3.89. The Balaban J connectivity index is 2.05. The third kappa shape index (κ3) is 6.17. The highest BCUT2D eigenvalue weighted by molar-refractivity contribution is 4.89. The molecule has 3 nitrogen and oxygen atoms in total. The molecule has 108 valence electrons. The predicted molar refractivity (Wildman–Crippen MR) is 75.9 cm³/mol. The fourth-order valence-corrected chi connectivity index (χ4v) is 2.61. The first-order chi connectivity index (χ1) is 8.68. The van der Waals surface area contributed by atoms with Crippen LogP contribution >= 0.6 is 0 Å². The molecule has 3 heteroatoms. The van der Waals surface area contributed by atoms with E-state index in [1.165, 1.54) is 38.6 Å². The van der Waals surface area contributed by atoms with Crippen LogP contribution in [0.25, 0.3) is 0 Å². The topological polar surface area (TPSA) is 30.5 Å². The van der Waals surface area contributed by atoms with Crippen molar-refractivity contribution in [2.75, 3.05) is 40.0 Å². The van der Waals surface area contributed by atoms with Crippen molar-refractivity contribution in [2.45, 2.75) is 46.0 Å². The lowest BCUT2D eigenvalue weighted by atomic mass is 9.66.